The Morgan fingerprint density at radius 3 is 2.32 bits per heavy atom. The van der Waals surface area contributed by atoms with Crippen molar-refractivity contribution >= 4 is 16.8 Å². The average Bonchev–Trinajstić information content (AvgIpc) is 2.66. The molecule has 0 fully saturated rings. The molecule has 0 spiro atoms. The van der Waals surface area contributed by atoms with E-state index in [-0.39, 0.29) is 11.5 Å². The number of nitrogens with zero attached hydrogens (tertiary/aromatic N) is 1. The maximum Gasteiger partial charge on any atom is 0.259 e. The van der Waals surface area contributed by atoms with Crippen molar-refractivity contribution < 1.29 is 14.3 Å². The summed E-state index contributed by atoms with van der Waals surface area (Å²) in [6.45, 7) is 0. The van der Waals surface area contributed by atoms with Gasteiger partial charge in [0.25, 0.3) is 11.5 Å². The van der Waals surface area contributed by atoms with E-state index in [0.29, 0.717) is 39.4 Å². The monoisotopic (exact) mass is 339 g/mol. The smallest absolute Gasteiger partial charge is 0.259 e. The molecule has 0 aliphatic carbocycles. The Morgan fingerprint density at radius 1 is 1.08 bits per heavy atom. The zero-order chi connectivity index (χ0) is 18.0. The SMILES string of the molecule is CNC(=O)c1ccc(-c2nc3cc(OC)c(OC)cc3c(=O)[nH]2)cc1. The highest BCUT2D eigenvalue weighted by Gasteiger charge is 2.12. The molecule has 1 heterocycles. The van der Waals surface area contributed by atoms with Gasteiger partial charge in [0.05, 0.1) is 25.1 Å². The highest BCUT2D eigenvalue weighted by atomic mass is 16.5. The number of rotatable bonds is 4. The van der Waals surface area contributed by atoms with Crippen LogP contribution in [0.2, 0.25) is 0 Å². The molecule has 0 unspecified atom stereocenters. The molecule has 3 aromatic rings. The van der Waals surface area contributed by atoms with E-state index in [1.54, 1.807) is 43.4 Å². The summed E-state index contributed by atoms with van der Waals surface area (Å²) in [6, 6.07) is 10.1. The highest BCUT2D eigenvalue weighted by Crippen LogP contribution is 2.30. The summed E-state index contributed by atoms with van der Waals surface area (Å²) in [4.78, 5) is 31.3. The quantitative estimate of drug-likeness (QED) is 0.758. The van der Waals surface area contributed by atoms with Gasteiger partial charge in [-0.25, -0.2) is 4.98 Å². The number of aromatic amines is 1. The van der Waals surface area contributed by atoms with E-state index >= 15 is 0 Å². The lowest BCUT2D eigenvalue weighted by Gasteiger charge is -2.09. The number of H-pyrrole nitrogens is 1. The molecular formula is C18H17N3O4. The van der Waals surface area contributed by atoms with Gasteiger partial charge in [-0.1, -0.05) is 12.1 Å². The molecule has 0 saturated carbocycles. The molecule has 25 heavy (non-hydrogen) atoms. The van der Waals surface area contributed by atoms with Gasteiger partial charge in [0.15, 0.2) is 11.5 Å². The molecule has 7 heteroatoms. The van der Waals surface area contributed by atoms with E-state index < -0.39 is 0 Å². The molecule has 3 rings (SSSR count). The molecule has 0 aliphatic rings. The van der Waals surface area contributed by atoms with Crippen LogP contribution >= 0.6 is 0 Å². The number of ether oxygens (including phenoxy) is 2. The van der Waals surface area contributed by atoms with E-state index in [1.165, 1.54) is 14.2 Å². The fourth-order valence-electron chi connectivity index (χ4n) is 2.53. The van der Waals surface area contributed by atoms with Crippen LogP contribution in [-0.4, -0.2) is 37.1 Å². The van der Waals surface area contributed by atoms with Gasteiger partial charge in [-0.15, -0.1) is 0 Å². The number of methoxy groups -OCH3 is 2. The summed E-state index contributed by atoms with van der Waals surface area (Å²) < 4.78 is 10.5. The van der Waals surface area contributed by atoms with Crippen LogP contribution in [0.5, 0.6) is 11.5 Å². The van der Waals surface area contributed by atoms with E-state index in [1.807, 2.05) is 0 Å². The number of hydrogen-bond donors (Lipinski definition) is 2. The van der Waals surface area contributed by atoms with Crippen molar-refractivity contribution in [3.8, 4) is 22.9 Å². The minimum atomic E-state index is -0.281. The fourth-order valence-corrected chi connectivity index (χ4v) is 2.53. The number of benzene rings is 2. The molecule has 1 aromatic heterocycles. The van der Waals surface area contributed by atoms with Gasteiger partial charge in [-0.3, -0.25) is 9.59 Å². The number of carbonyl (C=O) groups excluding carboxylic acids is 1. The molecule has 0 radical (unpaired) electrons. The Morgan fingerprint density at radius 2 is 1.72 bits per heavy atom. The van der Waals surface area contributed by atoms with E-state index in [4.69, 9.17) is 9.47 Å². The summed E-state index contributed by atoms with van der Waals surface area (Å²) in [5, 5.41) is 2.97. The number of amides is 1. The van der Waals surface area contributed by atoms with Crippen molar-refractivity contribution in [1.82, 2.24) is 15.3 Å². The molecule has 7 nitrogen and oxygen atoms in total. The van der Waals surface area contributed by atoms with Crippen LogP contribution in [0.15, 0.2) is 41.2 Å². The first-order chi connectivity index (χ1) is 12.1. The van der Waals surface area contributed by atoms with Gasteiger partial charge in [-0.05, 0) is 18.2 Å². The van der Waals surface area contributed by atoms with Crippen molar-refractivity contribution in [3.05, 3.63) is 52.3 Å². The Hall–Kier alpha value is -3.35. The average molecular weight is 339 g/mol. The van der Waals surface area contributed by atoms with Crippen LogP contribution in [0.25, 0.3) is 22.3 Å². The zero-order valence-electron chi connectivity index (χ0n) is 14.0. The van der Waals surface area contributed by atoms with Crippen molar-refractivity contribution in [2.75, 3.05) is 21.3 Å². The number of nitrogens with one attached hydrogen (secondary N) is 2. The van der Waals surface area contributed by atoms with Gasteiger partial charge in [0.2, 0.25) is 0 Å². The summed E-state index contributed by atoms with van der Waals surface area (Å²) in [6.07, 6.45) is 0. The van der Waals surface area contributed by atoms with E-state index in [2.05, 4.69) is 15.3 Å². The molecule has 0 atom stereocenters. The Bertz CT molecular complexity index is 994. The van der Waals surface area contributed by atoms with E-state index in [0.717, 1.165) is 0 Å². The van der Waals surface area contributed by atoms with Gasteiger partial charge in [-0.2, -0.15) is 0 Å². The van der Waals surface area contributed by atoms with Crippen LogP contribution in [0.4, 0.5) is 0 Å². The van der Waals surface area contributed by atoms with Gasteiger partial charge in [0, 0.05) is 24.2 Å². The first-order valence-electron chi connectivity index (χ1n) is 7.56. The van der Waals surface area contributed by atoms with Crippen LogP contribution in [0.3, 0.4) is 0 Å². The molecule has 0 bridgehead atoms. The Kier molecular flexibility index (Phi) is 4.38. The minimum absolute atomic E-state index is 0.177. The van der Waals surface area contributed by atoms with Crippen LogP contribution in [-0.2, 0) is 0 Å². The largest absolute Gasteiger partial charge is 0.493 e. The second-order valence-corrected chi connectivity index (χ2v) is 5.30. The van der Waals surface area contributed by atoms with Crippen molar-refractivity contribution in [3.63, 3.8) is 0 Å². The third-order valence-corrected chi connectivity index (χ3v) is 3.86. The molecular weight excluding hydrogens is 322 g/mol. The zero-order valence-corrected chi connectivity index (χ0v) is 14.0. The number of hydrogen-bond acceptors (Lipinski definition) is 5. The number of aromatic nitrogens is 2. The standard InChI is InChI=1S/C18H17N3O4/c1-19-17(22)11-6-4-10(5-7-11)16-20-13-9-15(25-3)14(24-2)8-12(13)18(23)21-16/h4-9H,1-3H3,(H,19,22)(H,20,21,23). The topological polar surface area (TPSA) is 93.3 Å². The first kappa shape index (κ1) is 16.5. The van der Waals surface area contributed by atoms with E-state index in [9.17, 15) is 9.59 Å². The second-order valence-electron chi connectivity index (χ2n) is 5.30. The van der Waals surface area contributed by atoms with Gasteiger partial charge < -0.3 is 19.8 Å². The molecule has 0 saturated heterocycles. The summed E-state index contributed by atoms with van der Waals surface area (Å²) in [5.41, 5.74) is 1.44. The lowest BCUT2D eigenvalue weighted by atomic mass is 10.1. The number of carbonyl (C=O) groups is 1. The predicted octanol–water partition coefficient (Wildman–Crippen LogP) is 1.97. The van der Waals surface area contributed by atoms with Crippen molar-refractivity contribution in [2.24, 2.45) is 0 Å². The minimum Gasteiger partial charge on any atom is -0.493 e. The fraction of sp³-hybridized carbons (Fsp3) is 0.167. The normalized spacial score (nSPS) is 10.5. The van der Waals surface area contributed by atoms with Gasteiger partial charge in [0.1, 0.15) is 5.82 Å². The summed E-state index contributed by atoms with van der Waals surface area (Å²) in [7, 11) is 4.60. The maximum absolute atomic E-state index is 12.4. The Balaban J connectivity index is 2.11. The lowest BCUT2D eigenvalue weighted by molar-refractivity contribution is 0.0963. The van der Waals surface area contributed by atoms with Gasteiger partial charge >= 0.3 is 0 Å². The lowest BCUT2D eigenvalue weighted by Crippen LogP contribution is -2.17. The Labute approximate surface area is 143 Å². The summed E-state index contributed by atoms with van der Waals surface area (Å²) >= 11 is 0. The first-order valence-corrected chi connectivity index (χ1v) is 7.56. The second kappa shape index (κ2) is 6.64. The third-order valence-electron chi connectivity index (χ3n) is 3.86. The van der Waals surface area contributed by atoms with Crippen LogP contribution in [0, 0.1) is 0 Å². The molecule has 2 aromatic carbocycles. The predicted molar refractivity (Wildman–Crippen MR) is 94.3 cm³/mol. The molecule has 128 valence electrons. The summed E-state index contributed by atoms with van der Waals surface area (Å²) in [5.74, 6) is 1.19. The maximum atomic E-state index is 12.4. The van der Waals surface area contributed by atoms with Crippen molar-refractivity contribution in [2.45, 2.75) is 0 Å². The van der Waals surface area contributed by atoms with Crippen LogP contribution in [0.1, 0.15) is 10.4 Å². The van der Waals surface area contributed by atoms with Crippen molar-refractivity contribution in [1.29, 1.82) is 0 Å². The number of fused-ring (bicyclic) bond motifs is 1. The van der Waals surface area contributed by atoms with Crippen LogP contribution < -0.4 is 20.3 Å². The third kappa shape index (κ3) is 3.03. The molecule has 2 N–H and O–H groups in total. The molecule has 1 amide bonds. The molecule has 0 aliphatic heterocycles. The highest BCUT2D eigenvalue weighted by molar-refractivity contribution is 5.94.